The summed E-state index contributed by atoms with van der Waals surface area (Å²) >= 11 is 0. The second-order valence-electron chi connectivity index (χ2n) is 4.24. The highest BCUT2D eigenvalue weighted by molar-refractivity contribution is 5.88. The van der Waals surface area contributed by atoms with Crippen LogP contribution < -0.4 is 10.6 Å². The van der Waals surface area contributed by atoms with Crippen LogP contribution in [0.2, 0.25) is 0 Å². The first-order valence-corrected chi connectivity index (χ1v) is 5.72. The number of hydrogen-bond acceptors (Lipinski definition) is 3. The van der Waals surface area contributed by atoms with Crippen molar-refractivity contribution in [1.82, 2.24) is 10.3 Å². The van der Waals surface area contributed by atoms with Crippen LogP contribution in [0.15, 0.2) is 24.4 Å². The quantitative estimate of drug-likeness (QED) is 0.728. The Hall–Kier alpha value is -1.62. The standard InChI is InChI=1S/C12H19N3O2/c1-9(7-10(2)16)8-14-12(17)15-11-5-3-4-6-13-11/h3-6,9-10,16H,7-8H2,1-2H3,(H2,13,14,15,17)/t9-,10-/m1/s1. The summed E-state index contributed by atoms with van der Waals surface area (Å²) in [4.78, 5) is 15.5. The van der Waals surface area contributed by atoms with E-state index in [-0.39, 0.29) is 18.1 Å². The maximum Gasteiger partial charge on any atom is 0.320 e. The molecule has 0 spiro atoms. The smallest absolute Gasteiger partial charge is 0.320 e. The van der Waals surface area contributed by atoms with Gasteiger partial charge in [-0.3, -0.25) is 5.32 Å². The Balaban J connectivity index is 2.26. The third-order valence-electron chi connectivity index (χ3n) is 2.26. The summed E-state index contributed by atoms with van der Waals surface area (Å²) < 4.78 is 0. The summed E-state index contributed by atoms with van der Waals surface area (Å²) in [6.07, 6.45) is 1.95. The summed E-state index contributed by atoms with van der Waals surface area (Å²) in [5.41, 5.74) is 0. The van der Waals surface area contributed by atoms with Gasteiger partial charge >= 0.3 is 6.03 Å². The van der Waals surface area contributed by atoms with E-state index >= 15 is 0 Å². The summed E-state index contributed by atoms with van der Waals surface area (Å²) in [5.74, 6) is 0.762. The van der Waals surface area contributed by atoms with Crippen molar-refractivity contribution in [1.29, 1.82) is 0 Å². The van der Waals surface area contributed by atoms with Gasteiger partial charge in [-0.1, -0.05) is 13.0 Å². The van der Waals surface area contributed by atoms with E-state index in [0.29, 0.717) is 18.8 Å². The minimum Gasteiger partial charge on any atom is -0.393 e. The van der Waals surface area contributed by atoms with Crippen LogP contribution in [0, 0.1) is 5.92 Å². The number of aliphatic hydroxyl groups excluding tert-OH is 1. The highest BCUT2D eigenvalue weighted by Crippen LogP contribution is 2.04. The number of hydrogen-bond donors (Lipinski definition) is 3. The normalized spacial score (nSPS) is 13.8. The van der Waals surface area contributed by atoms with Gasteiger partial charge in [-0.25, -0.2) is 9.78 Å². The molecule has 0 aliphatic rings. The molecular weight excluding hydrogens is 218 g/mol. The number of pyridine rings is 1. The number of amides is 2. The Morgan fingerprint density at radius 1 is 1.47 bits per heavy atom. The fourth-order valence-electron chi connectivity index (χ4n) is 1.53. The van der Waals surface area contributed by atoms with Crippen LogP contribution in [0.5, 0.6) is 0 Å². The maximum absolute atomic E-state index is 11.5. The molecule has 0 unspecified atom stereocenters. The molecule has 3 N–H and O–H groups in total. The van der Waals surface area contributed by atoms with Crippen molar-refractivity contribution in [3.8, 4) is 0 Å². The largest absolute Gasteiger partial charge is 0.393 e. The third kappa shape index (κ3) is 5.87. The first kappa shape index (κ1) is 13.4. The van der Waals surface area contributed by atoms with E-state index in [1.807, 2.05) is 6.92 Å². The van der Waals surface area contributed by atoms with E-state index in [4.69, 9.17) is 0 Å². The summed E-state index contributed by atoms with van der Waals surface area (Å²) in [6.45, 7) is 4.25. The first-order chi connectivity index (χ1) is 8.08. The van der Waals surface area contributed by atoms with Crippen molar-refractivity contribution in [3.63, 3.8) is 0 Å². The van der Waals surface area contributed by atoms with E-state index in [0.717, 1.165) is 0 Å². The molecule has 17 heavy (non-hydrogen) atoms. The monoisotopic (exact) mass is 237 g/mol. The predicted molar refractivity (Wildman–Crippen MR) is 66.7 cm³/mol. The van der Waals surface area contributed by atoms with E-state index in [1.165, 1.54) is 0 Å². The van der Waals surface area contributed by atoms with Gasteiger partial charge in [0.05, 0.1) is 6.10 Å². The van der Waals surface area contributed by atoms with Gasteiger partial charge in [0, 0.05) is 12.7 Å². The summed E-state index contributed by atoms with van der Waals surface area (Å²) in [7, 11) is 0. The summed E-state index contributed by atoms with van der Waals surface area (Å²) in [6, 6.07) is 5.03. The molecule has 0 saturated carbocycles. The van der Waals surface area contributed by atoms with Crippen LogP contribution in [-0.4, -0.2) is 28.8 Å². The fraction of sp³-hybridized carbons (Fsp3) is 0.500. The molecule has 1 heterocycles. The van der Waals surface area contributed by atoms with E-state index in [1.54, 1.807) is 31.3 Å². The number of carbonyl (C=O) groups is 1. The number of anilines is 1. The molecule has 0 fully saturated rings. The minimum absolute atomic E-state index is 0.240. The Bertz CT molecular complexity index is 341. The molecule has 0 aliphatic carbocycles. The molecule has 94 valence electrons. The Morgan fingerprint density at radius 2 is 2.24 bits per heavy atom. The molecule has 0 aromatic carbocycles. The van der Waals surface area contributed by atoms with Crippen LogP contribution >= 0.6 is 0 Å². The Kier molecular flexibility index (Phi) is 5.42. The molecule has 0 aliphatic heterocycles. The van der Waals surface area contributed by atoms with Crippen molar-refractivity contribution in [2.45, 2.75) is 26.4 Å². The van der Waals surface area contributed by atoms with Gasteiger partial charge in [0.1, 0.15) is 5.82 Å². The second kappa shape index (κ2) is 6.85. The molecule has 0 bridgehead atoms. The van der Waals surface area contributed by atoms with Gasteiger partial charge in [-0.15, -0.1) is 0 Å². The lowest BCUT2D eigenvalue weighted by molar-refractivity contribution is 0.163. The third-order valence-corrected chi connectivity index (χ3v) is 2.26. The number of rotatable bonds is 5. The number of urea groups is 1. The molecule has 5 nitrogen and oxygen atoms in total. The molecular formula is C12H19N3O2. The van der Waals surface area contributed by atoms with Gasteiger partial charge < -0.3 is 10.4 Å². The van der Waals surface area contributed by atoms with Crippen LogP contribution in [0.4, 0.5) is 10.6 Å². The molecule has 5 heteroatoms. The summed E-state index contributed by atoms with van der Waals surface area (Å²) in [5, 5.41) is 14.5. The first-order valence-electron chi connectivity index (χ1n) is 5.72. The minimum atomic E-state index is -0.342. The van der Waals surface area contributed by atoms with E-state index in [2.05, 4.69) is 15.6 Å². The molecule has 2 atom stereocenters. The fourth-order valence-corrected chi connectivity index (χ4v) is 1.53. The van der Waals surface area contributed by atoms with Crippen molar-refractivity contribution in [2.75, 3.05) is 11.9 Å². The predicted octanol–water partition coefficient (Wildman–Crippen LogP) is 1.61. The highest BCUT2D eigenvalue weighted by atomic mass is 16.3. The lowest BCUT2D eigenvalue weighted by Gasteiger charge is -2.14. The molecule has 1 aromatic heterocycles. The van der Waals surface area contributed by atoms with Crippen molar-refractivity contribution >= 4 is 11.8 Å². The van der Waals surface area contributed by atoms with Crippen LogP contribution in [0.1, 0.15) is 20.3 Å². The van der Waals surface area contributed by atoms with Gasteiger partial charge in [-0.05, 0) is 31.4 Å². The van der Waals surface area contributed by atoms with Crippen LogP contribution in [0.3, 0.4) is 0 Å². The number of carbonyl (C=O) groups excluding carboxylic acids is 1. The molecule has 1 rings (SSSR count). The molecule has 2 amide bonds. The zero-order chi connectivity index (χ0) is 12.7. The van der Waals surface area contributed by atoms with Gasteiger partial charge in [0.2, 0.25) is 0 Å². The Labute approximate surface area is 101 Å². The maximum atomic E-state index is 11.5. The van der Waals surface area contributed by atoms with Gasteiger partial charge in [0.15, 0.2) is 0 Å². The highest BCUT2D eigenvalue weighted by Gasteiger charge is 2.08. The SMILES string of the molecule is C[C@@H](CNC(=O)Nc1ccccn1)C[C@@H](C)O. The number of aromatic nitrogens is 1. The van der Waals surface area contributed by atoms with Crippen LogP contribution in [-0.2, 0) is 0 Å². The molecule has 0 saturated heterocycles. The average molecular weight is 237 g/mol. The van der Waals surface area contributed by atoms with E-state index < -0.39 is 0 Å². The second-order valence-corrected chi connectivity index (χ2v) is 4.24. The lowest BCUT2D eigenvalue weighted by atomic mass is 10.1. The van der Waals surface area contributed by atoms with E-state index in [9.17, 15) is 9.90 Å². The average Bonchev–Trinajstić information content (AvgIpc) is 2.27. The lowest BCUT2D eigenvalue weighted by Crippen LogP contribution is -2.33. The van der Waals surface area contributed by atoms with Crippen molar-refractivity contribution in [3.05, 3.63) is 24.4 Å². The van der Waals surface area contributed by atoms with Crippen LogP contribution in [0.25, 0.3) is 0 Å². The number of aliphatic hydroxyl groups is 1. The zero-order valence-electron chi connectivity index (χ0n) is 10.2. The molecule has 1 aromatic rings. The Morgan fingerprint density at radius 3 is 2.82 bits per heavy atom. The zero-order valence-corrected chi connectivity index (χ0v) is 10.2. The van der Waals surface area contributed by atoms with Gasteiger partial charge in [0.25, 0.3) is 0 Å². The number of nitrogens with one attached hydrogen (secondary N) is 2. The molecule has 0 radical (unpaired) electrons. The topological polar surface area (TPSA) is 74.2 Å². The number of nitrogens with zero attached hydrogens (tertiary/aromatic N) is 1. The van der Waals surface area contributed by atoms with Crippen molar-refractivity contribution < 1.29 is 9.90 Å². The van der Waals surface area contributed by atoms with Gasteiger partial charge in [-0.2, -0.15) is 0 Å². The van der Waals surface area contributed by atoms with Crippen molar-refractivity contribution in [2.24, 2.45) is 5.92 Å².